The minimum atomic E-state index is 0.552. The van der Waals surface area contributed by atoms with Gasteiger partial charge in [-0.15, -0.1) is 11.3 Å². The smallest absolute Gasteiger partial charge is 0.134 e. The number of likely N-dealkylation sites (N-methyl/N-ethyl adjacent to an activating group) is 1. The molecule has 0 aromatic carbocycles. The maximum Gasteiger partial charge on any atom is 0.134 e. The average molecular weight is 228 g/mol. The minimum Gasteiger partial charge on any atom is -0.496 e. The molecule has 1 unspecified atom stereocenters. The van der Waals surface area contributed by atoms with E-state index >= 15 is 0 Å². The van der Waals surface area contributed by atoms with Gasteiger partial charge in [0, 0.05) is 19.1 Å². The normalized spacial score (nSPS) is 13.1. The van der Waals surface area contributed by atoms with Gasteiger partial charge in [-0.2, -0.15) is 0 Å². The van der Waals surface area contributed by atoms with Crippen molar-refractivity contribution in [1.82, 2.24) is 10.2 Å². The van der Waals surface area contributed by atoms with Crippen LogP contribution >= 0.6 is 11.3 Å². The summed E-state index contributed by atoms with van der Waals surface area (Å²) in [7, 11) is 5.91. The SMILES string of the molecule is COc1ccsc1CNCC(C)N(C)C. The molecule has 0 aliphatic rings. The number of nitrogens with one attached hydrogen (secondary N) is 1. The van der Waals surface area contributed by atoms with Gasteiger partial charge < -0.3 is 15.0 Å². The van der Waals surface area contributed by atoms with Gasteiger partial charge >= 0.3 is 0 Å². The van der Waals surface area contributed by atoms with Gasteiger partial charge in [0.15, 0.2) is 0 Å². The first-order valence-corrected chi connectivity index (χ1v) is 6.00. The summed E-state index contributed by atoms with van der Waals surface area (Å²) in [6, 6.07) is 2.56. The van der Waals surface area contributed by atoms with Gasteiger partial charge in [0.1, 0.15) is 5.75 Å². The third-order valence-electron chi connectivity index (χ3n) is 2.53. The van der Waals surface area contributed by atoms with Crippen molar-refractivity contribution in [2.24, 2.45) is 0 Å². The molecule has 0 saturated heterocycles. The van der Waals surface area contributed by atoms with Crippen molar-refractivity contribution >= 4 is 11.3 Å². The van der Waals surface area contributed by atoms with Crippen molar-refractivity contribution in [1.29, 1.82) is 0 Å². The van der Waals surface area contributed by atoms with Crippen LogP contribution in [-0.2, 0) is 6.54 Å². The number of hydrogen-bond donors (Lipinski definition) is 1. The predicted molar refractivity (Wildman–Crippen MR) is 65.7 cm³/mol. The Balaban J connectivity index is 2.31. The Labute approximate surface area is 96.0 Å². The first-order chi connectivity index (χ1) is 7.15. The van der Waals surface area contributed by atoms with E-state index in [2.05, 4.69) is 36.6 Å². The highest BCUT2D eigenvalue weighted by Crippen LogP contribution is 2.23. The number of nitrogens with zero attached hydrogens (tertiary/aromatic N) is 1. The minimum absolute atomic E-state index is 0.552. The molecule has 0 spiro atoms. The Hall–Kier alpha value is -0.580. The van der Waals surface area contributed by atoms with E-state index in [1.54, 1.807) is 18.4 Å². The van der Waals surface area contributed by atoms with Gasteiger partial charge in [0.25, 0.3) is 0 Å². The molecule has 1 heterocycles. The molecule has 1 N–H and O–H groups in total. The van der Waals surface area contributed by atoms with Gasteiger partial charge in [-0.25, -0.2) is 0 Å². The number of ether oxygens (including phenoxy) is 1. The van der Waals surface area contributed by atoms with Gasteiger partial charge in [-0.05, 0) is 32.5 Å². The summed E-state index contributed by atoms with van der Waals surface area (Å²) in [5, 5.41) is 5.49. The second-order valence-electron chi connectivity index (χ2n) is 3.86. The maximum atomic E-state index is 5.25. The molecule has 0 saturated carbocycles. The predicted octanol–water partition coefficient (Wildman–Crippen LogP) is 1.80. The first kappa shape index (κ1) is 12.5. The molecule has 3 nitrogen and oxygen atoms in total. The van der Waals surface area contributed by atoms with Crippen molar-refractivity contribution in [3.63, 3.8) is 0 Å². The highest BCUT2D eigenvalue weighted by Gasteiger charge is 2.06. The van der Waals surface area contributed by atoms with Crippen molar-refractivity contribution in [2.75, 3.05) is 27.7 Å². The Morgan fingerprint density at radius 3 is 2.87 bits per heavy atom. The summed E-state index contributed by atoms with van der Waals surface area (Å²) in [6.07, 6.45) is 0. The van der Waals surface area contributed by atoms with E-state index in [0.717, 1.165) is 18.8 Å². The Bertz CT molecular complexity index is 286. The van der Waals surface area contributed by atoms with Crippen molar-refractivity contribution in [3.8, 4) is 5.75 Å². The standard InChI is InChI=1S/C11H20N2OS/c1-9(13(2)3)7-12-8-11-10(14-4)5-6-15-11/h5-6,9,12H,7-8H2,1-4H3. The first-order valence-electron chi connectivity index (χ1n) is 5.12. The van der Waals surface area contributed by atoms with E-state index in [4.69, 9.17) is 4.74 Å². The van der Waals surface area contributed by atoms with Crippen LogP contribution < -0.4 is 10.1 Å². The topological polar surface area (TPSA) is 24.5 Å². The molecule has 0 bridgehead atoms. The molecule has 1 atom stereocenters. The lowest BCUT2D eigenvalue weighted by atomic mass is 10.3. The highest BCUT2D eigenvalue weighted by atomic mass is 32.1. The molecule has 0 amide bonds. The quantitative estimate of drug-likeness (QED) is 0.803. The fourth-order valence-electron chi connectivity index (χ4n) is 1.22. The summed E-state index contributed by atoms with van der Waals surface area (Å²) in [5.41, 5.74) is 0. The molecule has 0 radical (unpaired) electrons. The van der Waals surface area contributed by atoms with Crippen LogP contribution in [-0.4, -0.2) is 38.7 Å². The van der Waals surface area contributed by atoms with Gasteiger partial charge in [0.05, 0.1) is 12.0 Å². The number of hydrogen-bond acceptors (Lipinski definition) is 4. The zero-order valence-electron chi connectivity index (χ0n) is 9.91. The summed E-state index contributed by atoms with van der Waals surface area (Å²) < 4.78 is 5.25. The Kier molecular flexibility index (Phi) is 5.08. The van der Waals surface area contributed by atoms with E-state index < -0.39 is 0 Å². The third kappa shape index (κ3) is 3.81. The summed E-state index contributed by atoms with van der Waals surface area (Å²) in [5.74, 6) is 0.991. The molecular formula is C11H20N2OS. The van der Waals surface area contributed by atoms with Gasteiger partial charge in [0.2, 0.25) is 0 Å². The van der Waals surface area contributed by atoms with E-state index in [9.17, 15) is 0 Å². The number of methoxy groups -OCH3 is 1. The van der Waals surface area contributed by atoms with Crippen LogP contribution in [0.3, 0.4) is 0 Å². The monoisotopic (exact) mass is 228 g/mol. The van der Waals surface area contributed by atoms with Crippen LogP contribution in [0.1, 0.15) is 11.8 Å². The third-order valence-corrected chi connectivity index (χ3v) is 3.43. The average Bonchev–Trinajstić information content (AvgIpc) is 2.65. The molecular weight excluding hydrogens is 208 g/mol. The molecule has 86 valence electrons. The van der Waals surface area contributed by atoms with Crippen LogP contribution in [0.25, 0.3) is 0 Å². The van der Waals surface area contributed by atoms with E-state index in [1.165, 1.54) is 4.88 Å². The highest BCUT2D eigenvalue weighted by molar-refractivity contribution is 7.10. The van der Waals surface area contributed by atoms with Crippen LogP contribution in [0.4, 0.5) is 0 Å². The van der Waals surface area contributed by atoms with E-state index in [-0.39, 0.29) is 0 Å². The lowest BCUT2D eigenvalue weighted by molar-refractivity contribution is 0.302. The van der Waals surface area contributed by atoms with Gasteiger partial charge in [-0.1, -0.05) is 0 Å². The zero-order chi connectivity index (χ0) is 11.3. The van der Waals surface area contributed by atoms with Crippen LogP contribution in [0, 0.1) is 0 Å². The van der Waals surface area contributed by atoms with Crippen molar-refractivity contribution < 1.29 is 4.74 Å². The summed E-state index contributed by atoms with van der Waals surface area (Å²) in [4.78, 5) is 3.47. The van der Waals surface area contributed by atoms with Gasteiger partial charge in [-0.3, -0.25) is 0 Å². The molecule has 0 fully saturated rings. The Morgan fingerprint density at radius 2 is 2.27 bits per heavy atom. The summed E-state index contributed by atoms with van der Waals surface area (Å²) in [6.45, 7) is 4.09. The lowest BCUT2D eigenvalue weighted by Gasteiger charge is -2.19. The van der Waals surface area contributed by atoms with Crippen LogP contribution in [0.5, 0.6) is 5.75 Å². The Morgan fingerprint density at radius 1 is 1.53 bits per heavy atom. The second-order valence-corrected chi connectivity index (χ2v) is 4.86. The fourth-order valence-corrected chi connectivity index (χ4v) is 2.03. The molecule has 0 aliphatic heterocycles. The van der Waals surface area contributed by atoms with Crippen molar-refractivity contribution in [2.45, 2.75) is 19.5 Å². The molecule has 4 heteroatoms. The molecule has 1 rings (SSSR count). The molecule has 1 aromatic rings. The van der Waals surface area contributed by atoms with E-state index in [0.29, 0.717) is 6.04 Å². The molecule has 1 aromatic heterocycles. The second kappa shape index (κ2) is 6.10. The zero-order valence-corrected chi connectivity index (χ0v) is 10.7. The maximum absolute atomic E-state index is 5.25. The lowest BCUT2D eigenvalue weighted by Crippen LogP contribution is -2.35. The fraction of sp³-hybridized carbons (Fsp3) is 0.636. The van der Waals surface area contributed by atoms with Crippen LogP contribution in [0.2, 0.25) is 0 Å². The van der Waals surface area contributed by atoms with E-state index in [1.807, 2.05) is 6.07 Å². The van der Waals surface area contributed by atoms with Crippen molar-refractivity contribution in [3.05, 3.63) is 16.3 Å². The number of thiophene rings is 1. The number of rotatable bonds is 6. The largest absolute Gasteiger partial charge is 0.496 e. The molecule has 15 heavy (non-hydrogen) atoms. The van der Waals surface area contributed by atoms with Crippen LogP contribution in [0.15, 0.2) is 11.4 Å². The molecule has 0 aliphatic carbocycles. The summed E-state index contributed by atoms with van der Waals surface area (Å²) >= 11 is 1.73.